The van der Waals surface area contributed by atoms with Crippen LogP contribution < -0.4 is 5.69 Å². The Morgan fingerprint density at radius 1 is 1.11 bits per heavy atom. The number of imidazole rings is 1. The smallest absolute Gasteiger partial charge is 0.326 e. The number of aliphatic hydroxyl groups excluding tert-OH is 1. The summed E-state index contributed by atoms with van der Waals surface area (Å²) in [7, 11) is 0. The number of hydrogen-bond donors (Lipinski definition) is 2. The number of fused-ring (bicyclic) bond motifs is 1. The highest BCUT2D eigenvalue weighted by Gasteiger charge is 2.30. The lowest BCUT2D eigenvalue weighted by molar-refractivity contribution is -0.134. The molecule has 0 unspecified atom stereocenters. The van der Waals surface area contributed by atoms with Gasteiger partial charge in [-0.15, -0.1) is 0 Å². The number of benzene rings is 2. The first-order valence-corrected chi connectivity index (χ1v) is 9.32. The summed E-state index contributed by atoms with van der Waals surface area (Å²) in [4.78, 5) is 29.3. The van der Waals surface area contributed by atoms with E-state index in [0.717, 1.165) is 23.0 Å². The van der Waals surface area contributed by atoms with Gasteiger partial charge in [-0.2, -0.15) is 0 Å². The second kappa shape index (κ2) is 7.40. The third-order valence-corrected chi connectivity index (χ3v) is 5.39. The quantitative estimate of drug-likeness (QED) is 0.743. The van der Waals surface area contributed by atoms with Crippen LogP contribution in [0.3, 0.4) is 0 Å². The minimum absolute atomic E-state index is 0.0299. The van der Waals surface area contributed by atoms with Crippen LogP contribution in [0.25, 0.3) is 11.0 Å². The maximum atomic E-state index is 12.6. The van der Waals surface area contributed by atoms with Crippen molar-refractivity contribution in [2.75, 3.05) is 13.1 Å². The number of para-hydroxylation sites is 2. The molecule has 1 aromatic heterocycles. The number of nitrogens with one attached hydrogen (secondary N) is 1. The number of piperidine rings is 1. The summed E-state index contributed by atoms with van der Waals surface area (Å²) in [5.41, 5.74) is 2.49. The third-order valence-electron chi connectivity index (χ3n) is 5.39. The predicted molar refractivity (Wildman–Crippen MR) is 104 cm³/mol. The van der Waals surface area contributed by atoms with Crippen molar-refractivity contribution >= 4 is 16.9 Å². The second-order valence-corrected chi connectivity index (χ2v) is 7.06. The molecule has 0 bridgehead atoms. The van der Waals surface area contributed by atoms with E-state index in [-0.39, 0.29) is 23.9 Å². The highest BCUT2D eigenvalue weighted by atomic mass is 16.3. The van der Waals surface area contributed by atoms with Crippen LogP contribution in [0.4, 0.5) is 0 Å². The zero-order valence-corrected chi connectivity index (χ0v) is 15.0. The highest BCUT2D eigenvalue weighted by Crippen LogP contribution is 2.28. The fraction of sp³-hybridized carbons (Fsp3) is 0.333. The van der Waals surface area contributed by atoms with Crippen molar-refractivity contribution in [3.8, 4) is 0 Å². The molecule has 1 aliphatic rings. The van der Waals surface area contributed by atoms with Gasteiger partial charge in [0.05, 0.1) is 17.1 Å². The minimum Gasteiger partial charge on any atom is -0.391 e. The molecule has 0 radical (unpaired) electrons. The minimum atomic E-state index is -0.569. The standard InChI is InChI=1S/C21H23N3O3/c25-19-14-23(12-10-16(19)15-6-2-1-3-7-15)20(26)11-13-24-18-9-5-4-8-17(18)22-21(24)27/h1-9,16,19,25H,10-14H2,(H,22,27)/t16-,19+/m0/s1. The normalized spacial score (nSPS) is 20.1. The summed E-state index contributed by atoms with van der Waals surface area (Å²) < 4.78 is 1.60. The maximum Gasteiger partial charge on any atom is 0.326 e. The number of rotatable bonds is 4. The van der Waals surface area contributed by atoms with Crippen LogP contribution in [0.15, 0.2) is 59.4 Å². The topological polar surface area (TPSA) is 78.3 Å². The number of aromatic nitrogens is 2. The summed E-state index contributed by atoms with van der Waals surface area (Å²) in [6, 6.07) is 17.4. The van der Waals surface area contributed by atoms with Crippen LogP contribution in [0.2, 0.25) is 0 Å². The Hall–Kier alpha value is -2.86. The Bertz CT molecular complexity index is 993. The molecule has 0 spiro atoms. The van der Waals surface area contributed by atoms with E-state index in [4.69, 9.17) is 0 Å². The number of β-amino-alcohol motifs (C(OH)–C–C–N with tert-alkyl or cyclic N) is 1. The first-order valence-electron chi connectivity index (χ1n) is 9.32. The molecule has 1 saturated heterocycles. The Kier molecular flexibility index (Phi) is 4.81. The molecule has 1 fully saturated rings. The van der Waals surface area contributed by atoms with Gasteiger partial charge in [0.25, 0.3) is 0 Å². The Morgan fingerprint density at radius 3 is 2.63 bits per heavy atom. The van der Waals surface area contributed by atoms with Gasteiger partial charge in [0.1, 0.15) is 0 Å². The zero-order valence-electron chi connectivity index (χ0n) is 15.0. The number of aliphatic hydroxyl groups is 1. The van der Waals surface area contributed by atoms with Crippen molar-refractivity contribution in [1.29, 1.82) is 0 Å². The number of aromatic amines is 1. The molecule has 0 saturated carbocycles. The zero-order chi connectivity index (χ0) is 18.8. The summed E-state index contributed by atoms with van der Waals surface area (Å²) >= 11 is 0. The summed E-state index contributed by atoms with van der Waals surface area (Å²) in [5, 5.41) is 10.5. The van der Waals surface area contributed by atoms with Crippen LogP contribution in [0.1, 0.15) is 24.3 Å². The molecule has 0 aliphatic carbocycles. The molecule has 27 heavy (non-hydrogen) atoms. The van der Waals surface area contributed by atoms with Crippen LogP contribution in [0.5, 0.6) is 0 Å². The van der Waals surface area contributed by atoms with Gasteiger partial charge in [-0.3, -0.25) is 9.36 Å². The molecule has 3 aromatic rings. The monoisotopic (exact) mass is 365 g/mol. The lowest BCUT2D eigenvalue weighted by Crippen LogP contribution is -2.46. The SMILES string of the molecule is O=C(CCn1c(=O)[nH]c2ccccc21)N1CC[C@@H](c2ccccc2)[C@H](O)C1. The number of likely N-dealkylation sites (tertiary alicyclic amines) is 1. The van der Waals surface area contributed by atoms with Crippen molar-refractivity contribution in [3.63, 3.8) is 0 Å². The van der Waals surface area contributed by atoms with Crippen LogP contribution in [0, 0.1) is 0 Å². The number of nitrogens with zero attached hydrogens (tertiary/aromatic N) is 2. The second-order valence-electron chi connectivity index (χ2n) is 7.06. The fourth-order valence-corrected chi connectivity index (χ4v) is 3.94. The molecule has 1 aliphatic heterocycles. The Morgan fingerprint density at radius 2 is 1.85 bits per heavy atom. The van der Waals surface area contributed by atoms with E-state index >= 15 is 0 Å². The van der Waals surface area contributed by atoms with Crippen molar-refractivity contribution in [2.45, 2.75) is 31.4 Å². The van der Waals surface area contributed by atoms with E-state index in [2.05, 4.69) is 4.98 Å². The van der Waals surface area contributed by atoms with E-state index in [9.17, 15) is 14.7 Å². The fourth-order valence-electron chi connectivity index (χ4n) is 3.94. The van der Waals surface area contributed by atoms with Gasteiger partial charge in [-0.05, 0) is 24.1 Å². The van der Waals surface area contributed by atoms with Crippen molar-refractivity contribution in [2.24, 2.45) is 0 Å². The summed E-state index contributed by atoms with van der Waals surface area (Å²) in [6.45, 7) is 1.29. The van der Waals surface area contributed by atoms with Crippen LogP contribution in [-0.2, 0) is 11.3 Å². The summed E-state index contributed by atoms with van der Waals surface area (Å²) in [5.74, 6) is 0.0317. The Labute approximate surface area is 157 Å². The van der Waals surface area contributed by atoms with E-state index in [0.29, 0.717) is 19.6 Å². The van der Waals surface area contributed by atoms with E-state index in [1.165, 1.54) is 0 Å². The number of hydrogen-bond acceptors (Lipinski definition) is 3. The molecular weight excluding hydrogens is 342 g/mol. The average molecular weight is 365 g/mol. The Balaban J connectivity index is 1.39. The number of H-pyrrole nitrogens is 1. The number of carbonyl (C=O) groups is 1. The van der Waals surface area contributed by atoms with Crippen molar-refractivity contribution < 1.29 is 9.90 Å². The van der Waals surface area contributed by atoms with Gasteiger partial charge in [0.2, 0.25) is 5.91 Å². The lowest BCUT2D eigenvalue weighted by atomic mass is 9.87. The lowest BCUT2D eigenvalue weighted by Gasteiger charge is -2.36. The molecular formula is C21H23N3O3. The number of aryl methyl sites for hydroxylation is 1. The predicted octanol–water partition coefficient (Wildman–Crippen LogP) is 2.10. The molecule has 2 aromatic carbocycles. The van der Waals surface area contributed by atoms with Crippen molar-refractivity contribution in [1.82, 2.24) is 14.5 Å². The van der Waals surface area contributed by atoms with E-state index in [1.807, 2.05) is 54.6 Å². The molecule has 2 N–H and O–H groups in total. The van der Waals surface area contributed by atoms with Gasteiger partial charge in [0.15, 0.2) is 0 Å². The number of carbonyl (C=O) groups excluding carboxylic acids is 1. The van der Waals surface area contributed by atoms with Crippen LogP contribution >= 0.6 is 0 Å². The van der Waals surface area contributed by atoms with Crippen LogP contribution in [-0.4, -0.2) is 44.7 Å². The largest absolute Gasteiger partial charge is 0.391 e. The summed E-state index contributed by atoms with van der Waals surface area (Å²) in [6.07, 6.45) is 0.412. The molecule has 1 amide bonds. The maximum absolute atomic E-state index is 12.6. The van der Waals surface area contributed by atoms with Gasteiger partial charge >= 0.3 is 5.69 Å². The third kappa shape index (κ3) is 3.53. The highest BCUT2D eigenvalue weighted by molar-refractivity contribution is 5.77. The molecule has 140 valence electrons. The molecule has 2 heterocycles. The van der Waals surface area contributed by atoms with E-state index in [1.54, 1.807) is 9.47 Å². The van der Waals surface area contributed by atoms with Gasteiger partial charge in [0, 0.05) is 32.0 Å². The van der Waals surface area contributed by atoms with E-state index < -0.39 is 6.10 Å². The molecule has 6 nitrogen and oxygen atoms in total. The van der Waals surface area contributed by atoms with Crippen molar-refractivity contribution in [3.05, 3.63) is 70.6 Å². The van der Waals surface area contributed by atoms with Gasteiger partial charge in [-0.1, -0.05) is 42.5 Å². The first-order chi connectivity index (χ1) is 13.1. The number of amides is 1. The molecule has 2 atom stereocenters. The molecule has 6 heteroatoms. The van der Waals surface area contributed by atoms with Gasteiger partial charge in [-0.25, -0.2) is 4.79 Å². The van der Waals surface area contributed by atoms with Gasteiger partial charge < -0.3 is 15.0 Å². The molecule has 4 rings (SSSR count). The average Bonchev–Trinajstić information content (AvgIpc) is 3.01. The first kappa shape index (κ1) is 17.5.